The van der Waals surface area contributed by atoms with Gasteiger partial charge < -0.3 is 14.3 Å². The maximum atomic E-state index is 5.44. The third-order valence-corrected chi connectivity index (χ3v) is 2.00. The Morgan fingerprint density at radius 1 is 0.733 bits per heavy atom. The van der Waals surface area contributed by atoms with Crippen LogP contribution in [0.1, 0.15) is 0 Å². The summed E-state index contributed by atoms with van der Waals surface area (Å²) in [7, 11) is 25.6. The molecule has 0 aliphatic rings. The summed E-state index contributed by atoms with van der Waals surface area (Å²) in [5, 5.41) is 0. The van der Waals surface area contributed by atoms with Crippen molar-refractivity contribution in [2.75, 3.05) is 28.4 Å². The van der Waals surface area contributed by atoms with Crippen molar-refractivity contribution in [3.8, 4) is 0 Å². The summed E-state index contributed by atoms with van der Waals surface area (Å²) in [5.74, 6) is 0. The van der Waals surface area contributed by atoms with Crippen molar-refractivity contribution in [1.29, 1.82) is 0 Å². The van der Waals surface area contributed by atoms with E-state index in [2.05, 4.69) is 0 Å². The molecule has 68 valence electrons. The van der Waals surface area contributed by atoms with Gasteiger partial charge in [0.15, 0.2) is 0 Å². The van der Waals surface area contributed by atoms with E-state index in [1.165, 1.54) is 0 Å². The van der Waals surface area contributed by atoms with Gasteiger partial charge in [-0.3, -0.25) is 0 Å². The highest BCUT2D eigenvalue weighted by atomic mass is 15.1. The fraction of sp³-hybridized carbons (Fsp3) is 0.250. The lowest BCUT2D eigenvalue weighted by Crippen LogP contribution is -2.19. The quantitative estimate of drug-likeness (QED) is 0.606. The highest BCUT2D eigenvalue weighted by Crippen LogP contribution is 2.26. The molecule has 0 N–H and O–H groups in total. The van der Waals surface area contributed by atoms with Gasteiger partial charge in [0, 0.05) is 31.2 Å². The number of hydrogen-bond donors (Lipinski definition) is 0. The number of hydrogen-bond acceptors (Lipinski definition) is 3. The lowest BCUT2D eigenvalue weighted by atomic mass is 10.0. The molecule has 0 saturated carbocycles. The highest BCUT2D eigenvalue weighted by molar-refractivity contribution is 6.43. The van der Waals surface area contributed by atoms with Gasteiger partial charge in [-0.2, -0.15) is 0 Å². The smallest absolute Gasteiger partial charge is 0.209 e. The molecule has 0 atom stereocenters. The maximum Gasteiger partial charge on any atom is 0.209 e. The molecule has 8 radical (unpaired) electrons. The van der Waals surface area contributed by atoms with E-state index in [-0.39, 0.29) is 0 Å². The molecule has 0 spiro atoms. The Kier molecular flexibility index (Phi) is 3.66. The average Bonchev–Trinajstić information content (AvgIpc) is 2.16. The zero-order chi connectivity index (χ0) is 11.6. The summed E-state index contributed by atoms with van der Waals surface area (Å²) in [6.07, 6.45) is 0. The van der Waals surface area contributed by atoms with Crippen molar-refractivity contribution in [3.63, 3.8) is 0 Å². The molecular formula is C8H9B4N3. The summed E-state index contributed by atoms with van der Waals surface area (Å²) in [5.41, 5.74) is 2.15. The van der Waals surface area contributed by atoms with Crippen molar-refractivity contribution in [3.05, 3.63) is 18.2 Å². The summed E-state index contributed by atoms with van der Waals surface area (Å²) >= 11 is 0. The molecule has 0 heterocycles. The van der Waals surface area contributed by atoms with Crippen molar-refractivity contribution < 1.29 is 0 Å². The van der Waals surface area contributed by atoms with Crippen molar-refractivity contribution >= 4 is 49.0 Å². The molecule has 0 unspecified atom stereocenters. The van der Waals surface area contributed by atoms with E-state index >= 15 is 0 Å². The monoisotopic (exact) mass is 191 g/mol. The van der Waals surface area contributed by atoms with Gasteiger partial charge >= 0.3 is 0 Å². The van der Waals surface area contributed by atoms with Crippen LogP contribution in [0.5, 0.6) is 0 Å². The van der Waals surface area contributed by atoms with Crippen LogP contribution in [0.4, 0.5) is 17.1 Å². The summed E-state index contributed by atoms with van der Waals surface area (Å²) in [4.78, 5) is 1.90. The zero-order valence-electron chi connectivity index (χ0n) is 8.88. The maximum absolute atomic E-state index is 5.44. The van der Waals surface area contributed by atoms with Crippen molar-refractivity contribution in [2.45, 2.75) is 0 Å². The number of anilines is 3. The van der Waals surface area contributed by atoms with E-state index in [0.717, 1.165) is 15.1 Å². The Labute approximate surface area is 96.1 Å². The minimum absolute atomic E-state index is 0.622. The van der Waals surface area contributed by atoms with Gasteiger partial charge in [-0.25, -0.2) is 0 Å². The van der Waals surface area contributed by atoms with Gasteiger partial charge in [-0.1, -0.05) is 0 Å². The van der Waals surface area contributed by atoms with Crippen LogP contribution in [0.25, 0.3) is 0 Å². The van der Waals surface area contributed by atoms with E-state index in [1.54, 1.807) is 6.07 Å². The first kappa shape index (κ1) is 12.0. The van der Waals surface area contributed by atoms with Crippen LogP contribution < -0.4 is 14.3 Å². The Balaban J connectivity index is 3.20. The largest absolute Gasteiger partial charge is 0.478 e. The van der Waals surface area contributed by atoms with Gasteiger partial charge in [0.2, 0.25) is 31.9 Å². The lowest BCUT2D eigenvalue weighted by molar-refractivity contribution is 1.13. The van der Waals surface area contributed by atoms with Gasteiger partial charge in [-0.05, 0) is 18.2 Å². The van der Waals surface area contributed by atoms with E-state index < -0.39 is 0 Å². The van der Waals surface area contributed by atoms with Gasteiger partial charge in [0.1, 0.15) is 0 Å². The second kappa shape index (κ2) is 4.60. The standard InChI is InChI=1S/C8H9B4N3/c1-13(2)6-3-7(14(9)10)5-8(4-6)15(11)12/h3-5H,1-2H3. The Morgan fingerprint density at radius 3 is 1.33 bits per heavy atom. The van der Waals surface area contributed by atoms with Crippen LogP contribution in [-0.2, 0) is 0 Å². The second-order valence-electron chi connectivity index (χ2n) is 3.42. The molecule has 0 saturated heterocycles. The van der Waals surface area contributed by atoms with Crippen LogP contribution >= 0.6 is 0 Å². The van der Waals surface area contributed by atoms with Crippen LogP contribution in [-0.4, -0.2) is 46.0 Å². The SMILES string of the molecule is [B]N([B])c1cc(N([B])[B])cc(N(C)C)c1. The Bertz CT molecular complexity index is 276. The van der Waals surface area contributed by atoms with Crippen LogP contribution in [0, 0.1) is 0 Å². The molecule has 0 amide bonds. The fourth-order valence-corrected chi connectivity index (χ4v) is 1.14. The molecule has 0 aliphatic heterocycles. The molecule has 7 heteroatoms. The van der Waals surface area contributed by atoms with E-state index in [4.69, 9.17) is 31.9 Å². The minimum atomic E-state index is 0.622. The highest BCUT2D eigenvalue weighted by Gasteiger charge is 2.04. The molecule has 1 aromatic rings. The molecule has 0 fully saturated rings. The first-order valence-electron chi connectivity index (χ1n) is 4.33. The zero-order valence-corrected chi connectivity index (χ0v) is 8.88. The fourth-order valence-electron chi connectivity index (χ4n) is 1.14. The third kappa shape index (κ3) is 2.91. The molecular weight excluding hydrogens is 181 g/mol. The van der Waals surface area contributed by atoms with Crippen molar-refractivity contribution in [1.82, 2.24) is 0 Å². The average molecular weight is 190 g/mol. The minimum Gasteiger partial charge on any atom is -0.478 e. The topological polar surface area (TPSA) is 9.72 Å². The number of nitrogens with zero attached hydrogens (tertiary/aromatic N) is 3. The first-order valence-corrected chi connectivity index (χ1v) is 4.33. The number of rotatable bonds is 3. The Hall–Kier alpha value is -1.12. The van der Waals surface area contributed by atoms with Gasteiger partial charge in [0.25, 0.3) is 0 Å². The summed E-state index contributed by atoms with van der Waals surface area (Å²) < 4.78 is 2.03. The predicted molar refractivity (Wildman–Crippen MR) is 68.7 cm³/mol. The lowest BCUT2D eigenvalue weighted by Gasteiger charge is -2.23. The van der Waals surface area contributed by atoms with Crippen LogP contribution in [0.2, 0.25) is 0 Å². The molecule has 1 aromatic carbocycles. The van der Waals surface area contributed by atoms with E-state index in [0.29, 0.717) is 11.4 Å². The van der Waals surface area contributed by atoms with Crippen LogP contribution in [0.3, 0.4) is 0 Å². The number of benzene rings is 1. The molecule has 15 heavy (non-hydrogen) atoms. The van der Waals surface area contributed by atoms with Gasteiger partial charge in [0.05, 0.1) is 0 Å². The molecule has 3 nitrogen and oxygen atoms in total. The second-order valence-corrected chi connectivity index (χ2v) is 3.42. The third-order valence-electron chi connectivity index (χ3n) is 2.00. The normalized spacial score (nSPS) is 9.73. The first-order chi connectivity index (χ1) is 6.91. The molecule has 1 rings (SSSR count). The molecule has 0 bridgehead atoms. The van der Waals surface area contributed by atoms with Crippen LogP contribution in [0.15, 0.2) is 18.2 Å². The van der Waals surface area contributed by atoms with E-state index in [1.807, 2.05) is 31.1 Å². The molecule has 0 aliphatic carbocycles. The predicted octanol–water partition coefficient (Wildman–Crippen LogP) is -0.301. The summed E-state index contributed by atoms with van der Waals surface area (Å²) in [6, 6.07) is 5.34. The van der Waals surface area contributed by atoms with Crippen molar-refractivity contribution in [2.24, 2.45) is 0 Å². The molecule has 0 aromatic heterocycles. The Morgan fingerprint density at radius 2 is 1.07 bits per heavy atom. The van der Waals surface area contributed by atoms with E-state index in [9.17, 15) is 0 Å². The van der Waals surface area contributed by atoms with Gasteiger partial charge in [-0.15, -0.1) is 0 Å². The summed E-state index contributed by atoms with van der Waals surface area (Å²) in [6.45, 7) is 0.